The lowest BCUT2D eigenvalue weighted by atomic mass is 10.3. The molecule has 0 aromatic rings. The van der Waals surface area contributed by atoms with E-state index in [1.807, 2.05) is 0 Å². The third-order valence-electron chi connectivity index (χ3n) is 0.698. The molecule has 62 valence electrons. The first-order chi connectivity index (χ1) is 4.37. The fraction of sp³-hybridized carbons (Fsp3) is 1.00. The molecule has 0 saturated carbocycles. The van der Waals surface area contributed by atoms with Crippen molar-refractivity contribution < 1.29 is 25.3 Å². The van der Waals surface area contributed by atoms with Crippen LogP contribution in [0, 0.1) is 0 Å². The average Bonchev–Trinajstić information content (AvgIpc) is 1.63. The van der Waals surface area contributed by atoms with Gasteiger partial charge in [0.15, 0.2) is 0 Å². The zero-order valence-electron chi connectivity index (χ0n) is 5.97. The maximum absolute atomic E-state index is 8.38. The van der Waals surface area contributed by atoms with Crippen LogP contribution in [0.2, 0.25) is 0 Å². The van der Waals surface area contributed by atoms with Gasteiger partial charge in [0.1, 0.15) is 0 Å². The van der Waals surface area contributed by atoms with Crippen LogP contribution in [-0.2, 0) is 0 Å². The van der Waals surface area contributed by atoms with Crippen molar-refractivity contribution in [1.82, 2.24) is 0 Å². The van der Waals surface area contributed by atoms with Gasteiger partial charge in [-0.15, -0.1) is 0 Å². The summed E-state index contributed by atoms with van der Waals surface area (Å²) >= 11 is 0. The SMILES string of the molecule is CC(O)C(C)O.OB(O)O. The molecular formula is C4H13BO5. The van der Waals surface area contributed by atoms with Crippen molar-refractivity contribution in [3.63, 3.8) is 0 Å². The fourth-order valence-electron chi connectivity index (χ4n) is 0. The molecule has 0 aromatic carbocycles. The third-order valence-corrected chi connectivity index (χ3v) is 0.698. The summed E-state index contributed by atoms with van der Waals surface area (Å²) in [5.41, 5.74) is 0. The van der Waals surface area contributed by atoms with Gasteiger partial charge in [0.2, 0.25) is 0 Å². The van der Waals surface area contributed by atoms with E-state index in [9.17, 15) is 0 Å². The average molecular weight is 152 g/mol. The Bertz CT molecular complexity index is 55.9. The van der Waals surface area contributed by atoms with E-state index in [4.69, 9.17) is 25.3 Å². The van der Waals surface area contributed by atoms with E-state index in [2.05, 4.69) is 0 Å². The van der Waals surface area contributed by atoms with Crippen LogP contribution in [-0.4, -0.2) is 44.8 Å². The molecule has 0 fully saturated rings. The number of rotatable bonds is 1. The highest BCUT2D eigenvalue weighted by Gasteiger charge is 1.99. The van der Waals surface area contributed by atoms with Crippen LogP contribution in [0.1, 0.15) is 13.8 Å². The molecule has 0 heterocycles. The first-order valence-electron chi connectivity index (χ1n) is 2.78. The Morgan fingerprint density at radius 1 is 0.900 bits per heavy atom. The molecule has 0 rings (SSSR count). The molecule has 2 unspecified atom stereocenters. The lowest BCUT2D eigenvalue weighted by Crippen LogP contribution is -2.17. The van der Waals surface area contributed by atoms with Crippen LogP contribution in [0.25, 0.3) is 0 Å². The van der Waals surface area contributed by atoms with Crippen molar-refractivity contribution in [2.45, 2.75) is 26.1 Å². The zero-order valence-corrected chi connectivity index (χ0v) is 5.97. The van der Waals surface area contributed by atoms with Gasteiger partial charge in [-0.05, 0) is 13.8 Å². The van der Waals surface area contributed by atoms with Crippen molar-refractivity contribution in [2.75, 3.05) is 0 Å². The molecule has 10 heavy (non-hydrogen) atoms. The molecule has 0 bridgehead atoms. The Labute approximate surface area is 59.7 Å². The summed E-state index contributed by atoms with van der Waals surface area (Å²) in [7, 11) is -2.17. The maximum atomic E-state index is 8.38. The Kier molecular flexibility index (Phi) is 8.75. The molecule has 0 spiro atoms. The van der Waals surface area contributed by atoms with Gasteiger partial charge in [0.25, 0.3) is 0 Å². The Morgan fingerprint density at radius 3 is 1.00 bits per heavy atom. The Hall–Kier alpha value is -0.135. The van der Waals surface area contributed by atoms with Gasteiger partial charge in [-0.3, -0.25) is 0 Å². The largest absolute Gasteiger partial charge is 0.631 e. The minimum absolute atomic E-state index is 0.593. The first kappa shape index (κ1) is 12.5. The molecule has 0 aliphatic heterocycles. The van der Waals surface area contributed by atoms with Crippen molar-refractivity contribution in [1.29, 1.82) is 0 Å². The highest BCUT2D eigenvalue weighted by molar-refractivity contribution is 6.30. The molecule has 6 heteroatoms. The van der Waals surface area contributed by atoms with E-state index in [0.717, 1.165) is 0 Å². The van der Waals surface area contributed by atoms with Crippen molar-refractivity contribution in [2.24, 2.45) is 0 Å². The quantitative estimate of drug-likeness (QED) is 0.272. The van der Waals surface area contributed by atoms with Gasteiger partial charge >= 0.3 is 7.32 Å². The summed E-state index contributed by atoms with van der Waals surface area (Å²) < 4.78 is 0. The summed E-state index contributed by atoms with van der Waals surface area (Å²) in [5, 5.41) is 38.3. The smallest absolute Gasteiger partial charge is 0.402 e. The van der Waals surface area contributed by atoms with Crippen LogP contribution in [0.5, 0.6) is 0 Å². The summed E-state index contributed by atoms with van der Waals surface area (Å²) in [6.45, 7) is 3.09. The van der Waals surface area contributed by atoms with E-state index in [0.29, 0.717) is 0 Å². The van der Waals surface area contributed by atoms with Crippen molar-refractivity contribution in [3.05, 3.63) is 0 Å². The van der Waals surface area contributed by atoms with E-state index in [1.165, 1.54) is 0 Å². The lowest BCUT2D eigenvalue weighted by Gasteiger charge is -2.03. The van der Waals surface area contributed by atoms with E-state index in [-0.39, 0.29) is 0 Å². The lowest BCUT2D eigenvalue weighted by molar-refractivity contribution is 0.0438. The fourth-order valence-corrected chi connectivity index (χ4v) is 0. The zero-order chi connectivity index (χ0) is 8.73. The van der Waals surface area contributed by atoms with Crippen LogP contribution < -0.4 is 0 Å². The van der Waals surface area contributed by atoms with Crippen molar-refractivity contribution >= 4 is 7.32 Å². The Morgan fingerprint density at radius 2 is 1.00 bits per heavy atom. The van der Waals surface area contributed by atoms with E-state index in [1.54, 1.807) is 13.8 Å². The standard InChI is InChI=1S/C4H10O2.BH3O3/c1-3(5)4(2)6;2-1(3)4/h3-6H,1-2H3;2-4H. The van der Waals surface area contributed by atoms with Gasteiger partial charge in [0.05, 0.1) is 12.2 Å². The summed E-state index contributed by atoms with van der Waals surface area (Å²) in [5.74, 6) is 0. The molecule has 5 nitrogen and oxygen atoms in total. The minimum Gasteiger partial charge on any atom is -0.402 e. The van der Waals surface area contributed by atoms with Crippen molar-refractivity contribution in [3.8, 4) is 0 Å². The topological polar surface area (TPSA) is 101 Å². The van der Waals surface area contributed by atoms with Gasteiger partial charge in [0, 0.05) is 0 Å². The molecule has 0 aliphatic carbocycles. The van der Waals surface area contributed by atoms with Gasteiger partial charge in [-0.1, -0.05) is 0 Å². The van der Waals surface area contributed by atoms with Gasteiger partial charge in [-0.25, -0.2) is 0 Å². The normalized spacial score (nSPS) is 14.7. The highest BCUT2D eigenvalue weighted by Crippen LogP contribution is 1.85. The summed E-state index contributed by atoms with van der Waals surface area (Å²) in [6, 6.07) is 0. The predicted molar refractivity (Wildman–Crippen MR) is 35.8 cm³/mol. The molecule has 0 amide bonds. The maximum Gasteiger partial charge on any atom is 0.631 e. The van der Waals surface area contributed by atoms with Crippen LogP contribution in [0.3, 0.4) is 0 Å². The second kappa shape index (κ2) is 6.98. The molecule has 0 radical (unpaired) electrons. The summed E-state index contributed by atoms with van der Waals surface area (Å²) in [4.78, 5) is 0. The molecule has 2 atom stereocenters. The Balaban J connectivity index is 0. The first-order valence-corrected chi connectivity index (χ1v) is 2.78. The second-order valence-electron chi connectivity index (χ2n) is 1.83. The highest BCUT2D eigenvalue weighted by atomic mass is 16.5. The molecule has 0 saturated heterocycles. The number of hydrogen-bond donors (Lipinski definition) is 5. The van der Waals surface area contributed by atoms with E-state index < -0.39 is 19.5 Å². The van der Waals surface area contributed by atoms with E-state index >= 15 is 0 Å². The minimum atomic E-state index is -2.17. The van der Waals surface area contributed by atoms with Gasteiger partial charge in [-0.2, -0.15) is 0 Å². The third kappa shape index (κ3) is 24.8. The number of aliphatic hydroxyl groups is 2. The molecule has 0 aliphatic rings. The molecule has 0 aromatic heterocycles. The van der Waals surface area contributed by atoms with Crippen LogP contribution >= 0.6 is 0 Å². The predicted octanol–water partition coefficient (Wildman–Crippen LogP) is -2.30. The monoisotopic (exact) mass is 152 g/mol. The van der Waals surface area contributed by atoms with Gasteiger partial charge < -0.3 is 25.3 Å². The van der Waals surface area contributed by atoms with Crippen LogP contribution in [0.15, 0.2) is 0 Å². The second-order valence-corrected chi connectivity index (χ2v) is 1.83. The molecule has 5 N–H and O–H groups in total. The molecular weight excluding hydrogens is 139 g/mol. The number of aliphatic hydroxyl groups excluding tert-OH is 2. The van der Waals surface area contributed by atoms with Crippen LogP contribution in [0.4, 0.5) is 0 Å². The number of hydrogen-bond acceptors (Lipinski definition) is 5. The summed E-state index contributed by atoms with van der Waals surface area (Å²) in [6.07, 6.45) is -1.19.